The standard InChI is InChI=1S/C25H29N3O4S2/c1-16(2)13-20-14-21(24(33-20)34(30,31)27-25(29)32-15-17-3-4-17)18-5-7-19(8-6-18)22-9-10-23-26-11-12-28(22)23/h5-8,11-12,14,16-17,22H,3-4,9-10,13,15H2,1-2H3,(H,27,29)/t22-/m1/s1. The molecule has 9 heteroatoms. The third kappa shape index (κ3) is 4.90. The maximum absolute atomic E-state index is 13.2. The van der Waals surface area contributed by atoms with Gasteiger partial charge in [0.2, 0.25) is 0 Å². The number of aryl methyl sites for hydroxylation is 1. The van der Waals surface area contributed by atoms with Gasteiger partial charge in [-0.1, -0.05) is 38.1 Å². The van der Waals surface area contributed by atoms with E-state index in [1.807, 2.05) is 30.6 Å². The van der Waals surface area contributed by atoms with E-state index in [1.54, 1.807) is 0 Å². The molecule has 0 saturated heterocycles. The second kappa shape index (κ2) is 9.19. The van der Waals surface area contributed by atoms with Crippen molar-refractivity contribution in [1.29, 1.82) is 0 Å². The lowest BCUT2D eigenvalue weighted by Gasteiger charge is -2.14. The zero-order chi connectivity index (χ0) is 23.9. The minimum Gasteiger partial charge on any atom is -0.449 e. The zero-order valence-electron chi connectivity index (χ0n) is 19.4. The van der Waals surface area contributed by atoms with Gasteiger partial charge in [-0.3, -0.25) is 0 Å². The number of amides is 1. The third-order valence-electron chi connectivity index (χ3n) is 6.30. The fourth-order valence-corrected chi connectivity index (χ4v) is 7.27. The van der Waals surface area contributed by atoms with Crippen molar-refractivity contribution in [3.8, 4) is 11.1 Å². The summed E-state index contributed by atoms with van der Waals surface area (Å²) >= 11 is 1.22. The first-order valence-corrected chi connectivity index (χ1v) is 14.0. The monoisotopic (exact) mass is 499 g/mol. The van der Waals surface area contributed by atoms with E-state index in [-0.39, 0.29) is 16.9 Å². The second-order valence-electron chi connectivity index (χ2n) is 9.59. The molecular formula is C25H29N3O4S2. The molecule has 1 aliphatic heterocycles. The Kier molecular flexibility index (Phi) is 6.24. The molecule has 0 radical (unpaired) electrons. The van der Waals surface area contributed by atoms with Crippen molar-refractivity contribution in [2.75, 3.05) is 6.61 Å². The Morgan fingerprint density at radius 1 is 1.24 bits per heavy atom. The van der Waals surface area contributed by atoms with Gasteiger partial charge in [0, 0.05) is 29.3 Å². The third-order valence-corrected chi connectivity index (χ3v) is 9.30. The molecule has 1 aliphatic carbocycles. The molecule has 1 fully saturated rings. The number of ether oxygens (including phenoxy) is 1. The fourth-order valence-electron chi connectivity index (χ4n) is 4.43. The number of carbonyl (C=O) groups excluding carboxylic acids is 1. The normalized spacial score (nSPS) is 17.7. The average Bonchev–Trinajstić information content (AvgIpc) is 3.15. The molecule has 0 spiro atoms. The first-order chi connectivity index (χ1) is 16.3. The van der Waals surface area contributed by atoms with Crippen molar-refractivity contribution in [3.63, 3.8) is 0 Å². The van der Waals surface area contributed by atoms with Gasteiger partial charge in [-0.2, -0.15) is 0 Å². The Hall–Kier alpha value is -2.65. The summed E-state index contributed by atoms with van der Waals surface area (Å²) in [5.41, 5.74) is 2.60. The molecule has 5 rings (SSSR count). The Bertz CT molecular complexity index is 1290. The van der Waals surface area contributed by atoms with Crippen molar-refractivity contribution in [2.24, 2.45) is 11.8 Å². The molecular weight excluding hydrogens is 470 g/mol. The number of sulfonamides is 1. The highest BCUT2D eigenvalue weighted by Crippen LogP contribution is 2.38. The highest BCUT2D eigenvalue weighted by molar-refractivity contribution is 7.92. The fraction of sp³-hybridized carbons (Fsp3) is 0.440. The molecule has 1 aromatic carbocycles. The number of carbonyl (C=O) groups is 1. The topological polar surface area (TPSA) is 90.3 Å². The number of nitrogens with zero attached hydrogens (tertiary/aromatic N) is 2. The van der Waals surface area contributed by atoms with Crippen molar-refractivity contribution in [2.45, 2.75) is 56.2 Å². The summed E-state index contributed by atoms with van der Waals surface area (Å²) < 4.78 is 35.9. The molecule has 180 valence electrons. The number of rotatable bonds is 8. The van der Waals surface area contributed by atoms with Crippen LogP contribution in [0.2, 0.25) is 0 Å². The summed E-state index contributed by atoms with van der Waals surface area (Å²) in [6.45, 7) is 4.46. The molecule has 1 amide bonds. The average molecular weight is 500 g/mol. The number of aromatic nitrogens is 2. The van der Waals surface area contributed by atoms with E-state index in [0.29, 0.717) is 17.4 Å². The molecule has 1 atom stereocenters. The number of nitrogens with one attached hydrogen (secondary N) is 1. The number of benzene rings is 1. The highest BCUT2D eigenvalue weighted by Gasteiger charge is 2.29. The van der Waals surface area contributed by atoms with E-state index in [1.165, 1.54) is 16.9 Å². The van der Waals surface area contributed by atoms with Crippen molar-refractivity contribution in [1.82, 2.24) is 14.3 Å². The minimum atomic E-state index is -4.06. The van der Waals surface area contributed by atoms with Gasteiger partial charge in [0.1, 0.15) is 10.0 Å². The van der Waals surface area contributed by atoms with Crippen LogP contribution < -0.4 is 4.72 Å². The van der Waals surface area contributed by atoms with Gasteiger partial charge >= 0.3 is 6.09 Å². The van der Waals surface area contributed by atoms with Crippen LogP contribution in [0.5, 0.6) is 0 Å². The van der Waals surface area contributed by atoms with Gasteiger partial charge in [-0.15, -0.1) is 11.3 Å². The number of hydrogen-bond donors (Lipinski definition) is 1. The van der Waals surface area contributed by atoms with Crippen LogP contribution in [-0.2, 0) is 27.6 Å². The Balaban J connectivity index is 1.42. The molecule has 7 nitrogen and oxygen atoms in total. The lowest BCUT2D eigenvalue weighted by molar-refractivity contribution is 0.147. The Labute approximate surface area is 204 Å². The van der Waals surface area contributed by atoms with E-state index < -0.39 is 16.1 Å². The summed E-state index contributed by atoms with van der Waals surface area (Å²) in [6, 6.07) is 10.2. The predicted molar refractivity (Wildman–Crippen MR) is 131 cm³/mol. The van der Waals surface area contributed by atoms with E-state index in [0.717, 1.165) is 48.4 Å². The zero-order valence-corrected chi connectivity index (χ0v) is 21.0. The summed E-state index contributed by atoms with van der Waals surface area (Å²) in [5.74, 6) is 1.84. The van der Waals surface area contributed by atoms with Gasteiger partial charge in [0.25, 0.3) is 10.0 Å². The van der Waals surface area contributed by atoms with Crippen LogP contribution in [0.3, 0.4) is 0 Å². The molecule has 3 aromatic rings. The molecule has 3 heterocycles. The molecule has 1 N–H and O–H groups in total. The van der Waals surface area contributed by atoms with Crippen molar-refractivity contribution in [3.05, 3.63) is 59.0 Å². The molecule has 0 unspecified atom stereocenters. The predicted octanol–water partition coefficient (Wildman–Crippen LogP) is 5.17. The summed E-state index contributed by atoms with van der Waals surface area (Å²) in [7, 11) is -4.06. The number of fused-ring (bicyclic) bond motifs is 1. The lowest BCUT2D eigenvalue weighted by Crippen LogP contribution is -2.31. The Morgan fingerprint density at radius 2 is 2.00 bits per heavy atom. The SMILES string of the molecule is CC(C)Cc1cc(-c2ccc([C@H]3CCc4nccn43)cc2)c(S(=O)(=O)NC(=O)OCC2CC2)s1. The molecule has 0 bridgehead atoms. The number of imidazole rings is 1. The maximum Gasteiger partial charge on any atom is 0.421 e. The second-order valence-corrected chi connectivity index (χ2v) is 12.6. The van der Waals surface area contributed by atoms with E-state index >= 15 is 0 Å². The van der Waals surface area contributed by atoms with E-state index in [4.69, 9.17) is 4.74 Å². The van der Waals surface area contributed by atoms with Crippen LogP contribution in [0, 0.1) is 11.8 Å². The van der Waals surface area contributed by atoms with Crippen LogP contribution in [0.1, 0.15) is 55.4 Å². The highest BCUT2D eigenvalue weighted by atomic mass is 32.2. The molecule has 34 heavy (non-hydrogen) atoms. The van der Waals surface area contributed by atoms with Crippen LogP contribution in [-0.4, -0.2) is 30.7 Å². The largest absolute Gasteiger partial charge is 0.449 e. The van der Waals surface area contributed by atoms with Crippen LogP contribution in [0.15, 0.2) is 46.9 Å². The summed E-state index contributed by atoms with van der Waals surface area (Å²) in [6.07, 6.45) is 7.69. The van der Waals surface area contributed by atoms with Gasteiger partial charge in [-0.05, 0) is 54.7 Å². The quantitative estimate of drug-likeness (QED) is 0.462. The minimum absolute atomic E-state index is 0.150. The van der Waals surface area contributed by atoms with Crippen molar-refractivity contribution >= 4 is 27.5 Å². The first-order valence-electron chi connectivity index (χ1n) is 11.7. The smallest absolute Gasteiger partial charge is 0.421 e. The van der Waals surface area contributed by atoms with Crippen LogP contribution >= 0.6 is 11.3 Å². The van der Waals surface area contributed by atoms with E-state index in [2.05, 4.69) is 40.3 Å². The van der Waals surface area contributed by atoms with Gasteiger partial charge in [0.15, 0.2) is 0 Å². The summed E-state index contributed by atoms with van der Waals surface area (Å²) in [4.78, 5) is 17.5. The molecule has 1 saturated carbocycles. The summed E-state index contributed by atoms with van der Waals surface area (Å²) in [5, 5.41) is 0. The molecule has 2 aliphatic rings. The molecule has 2 aromatic heterocycles. The first kappa shape index (κ1) is 23.1. The lowest BCUT2D eigenvalue weighted by atomic mass is 10.0. The van der Waals surface area contributed by atoms with Gasteiger partial charge in [0.05, 0.1) is 12.6 Å². The number of hydrogen-bond acceptors (Lipinski definition) is 6. The maximum atomic E-state index is 13.2. The Morgan fingerprint density at radius 3 is 2.71 bits per heavy atom. The van der Waals surface area contributed by atoms with Crippen LogP contribution in [0.4, 0.5) is 4.79 Å². The van der Waals surface area contributed by atoms with E-state index in [9.17, 15) is 13.2 Å². The number of thiophene rings is 1. The van der Waals surface area contributed by atoms with Gasteiger partial charge < -0.3 is 9.30 Å². The van der Waals surface area contributed by atoms with Gasteiger partial charge in [-0.25, -0.2) is 22.9 Å². The van der Waals surface area contributed by atoms with Crippen molar-refractivity contribution < 1.29 is 17.9 Å². The van der Waals surface area contributed by atoms with Crippen LogP contribution in [0.25, 0.3) is 11.1 Å².